The van der Waals surface area contributed by atoms with Crippen molar-refractivity contribution in [2.24, 2.45) is 0 Å². The second-order valence-corrected chi connectivity index (χ2v) is 11.4. The first-order chi connectivity index (χ1) is 19.8. The third-order valence-corrected chi connectivity index (χ3v) is 6.55. The molecule has 7 nitrogen and oxygen atoms in total. The molecule has 0 unspecified atom stereocenters. The van der Waals surface area contributed by atoms with Crippen LogP contribution >= 0.6 is 0 Å². The van der Waals surface area contributed by atoms with E-state index in [1.165, 1.54) is 58.4 Å². The van der Waals surface area contributed by atoms with Gasteiger partial charge in [0.25, 0.3) is 10.1 Å². The number of ether oxygens (including phenoxy) is 2. The van der Waals surface area contributed by atoms with Gasteiger partial charge < -0.3 is 20.1 Å². The van der Waals surface area contributed by atoms with E-state index >= 15 is 0 Å². The van der Waals surface area contributed by atoms with Crippen molar-refractivity contribution in [2.45, 2.75) is 52.6 Å². The average Bonchev–Trinajstić information content (AvgIpc) is 2.93. The normalized spacial score (nSPS) is 11.3. The third kappa shape index (κ3) is 11.7. The molecule has 0 bridgehead atoms. The molecule has 0 amide bonds. The van der Waals surface area contributed by atoms with Gasteiger partial charge in [-0.1, -0.05) is 61.4 Å². The number of benzene rings is 4. The summed E-state index contributed by atoms with van der Waals surface area (Å²) in [6.07, 6.45) is 5.58. The minimum Gasteiger partial charge on any atom is -0.494 e. The highest BCUT2D eigenvalue weighted by Crippen LogP contribution is 2.27. The highest BCUT2D eigenvalue weighted by molar-refractivity contribution is 7.85. The molecular formula is C33H44N2O5S. The van der Waals surface area contributed by atoms with Crippen LogP contribution in [0.1, 0.15) is 50.7 Å². The lowest BCUT2D eigenvalue weighted by molar-refractivity contribution is 0.335. The molecule has 0 aliphatic carbocycles. The van der Waals surface area contributed by atoms with Gasteiger partial charge in [0.1, 0.15) is 11.5 Å². The predicted octanol–water partition coefficient (Wildman–Crippen LogP) is 6.73. The van der Waals surface area contributed by atoms with Crippen molar-refractivity contribution in [2.75, 3.05) is 32.6 Å². The molecule has 41 heavy (non-hydrogen) atoms. The summed E-state index contributed by atoms with van der Waals surface area (Å²) in [6, 6.07) is 25.8. The molecule has 0 saturated carbocycles. The van der Waals surface area contributed by atoms with Gasteiger partial charge in [-0.05, 0) is 85.6 Å². The summed E-state index contributed by atoms with van der Waals surface area (Å²) in [6.45, 7) is 9.20. The predicted molar refractivity (Wildman–Crippen MR) is 170 cm³/mol. The minimum absolute atomic E-state index is 0.688. The Balaban J connectivity index is 0.000000850. The van der Waals surface area contributed by atoms with E-state index < -0.39 is 10.1 Å². The van der Waals surface area contributed by atoms with Crippen LogP contribution in [0.2, 0.25) is 0 Å². The molecular weight excluding hydrogens is 536 g/mol. The zero-order chi connectivity index (χ0) is 29.5. The number of rotatable bonds is 15. The third-order valence-electron chi connectivity index (χ3n) is 6.55. The Labute approximate surface area is 245 Å². The summed E-state index contributed by atoms with van der Waals surface area (Å²) in [5, 5.41) is 12.2. The topological polar surface area (TPSA) is 96.9 Å². The van der Waals surface area contributed by atoms with Crippen LogP contribution in [0.15, 0.2) is 72.8 Å². The van der Waals surface area contributed by atoms with Gasteiger partial charge in [-0.15, -0.1) is 0 Å². The molecule has 4 rings (SSSR count). The van der Waals surface area contributed by atoms with Crippen molar-refractivity contribution < 1.29 is 22.4 Å². The lowest BCUT2D eigenvalue weighted by Gasteiger charge is -2.13. The fourth-order valence-electron chi connectivity index (χ4n) is 4.69. The molecule has 4 aromatic carbocycles. The van der Waals surface area contributed by atoms with Crippen molar-refractivity contribution in [1.82, 2.24) is 10.6 Å². The molecule has 222 valence electrons. The van der Waals surface area contributed by atoms with E-state index in [-0.39, 0.29) is 0 Å². The zero-order valence-electron chi connectivity index (χ0n) is 24.5. The Hall–Kier alpha value is -3.17. The van der Waals surface area contributed by atoms with E-state index in [1.54, 1.807) is 0 Å². The average molecular weight is 581 g/mol. The van der Waals surface area contributed by atoms with E-state index in [0.717, 1.165) is 37.7 Å². The van der Waals surface area contributed by atoms with Gasteiger partial charge in [0.2, 0.25) is 0 Å². The Morgan fingerprint density at radius 3 is 1.32 bits per heavy atom. The fourth-order valence-corrected chi connectivity index (χ4v) is 4.69. The van der Waals surface area contributed by atoms with E-state index in [2.05, 4.69) is 83.4 Å². The van der Waals surface area contributed by atoms with Gasteiger partial charge in [-0.25, -0.2) is 0 Å². The van der Waals surface area contributed by atoms with E-state index in [0.29, 0.717) is 19.5 Å². The molecule has 0 atom stereocenters. The van der Waals surface area contributed by atoms with Crippen LogP contribution in [0, 0.1) is 0 Å². The summed E-state index contributed by atoms with van der Waals surface area (Å²) in [5.74, 6) is 1.99. The SMILES string of the molecule is CCOc1cc2ccccc2cc1CNCCCCCCNCc1cc2ccccc2cc1OCC.CS(=O)(=O)O. The lowest BCUT2D eigenvalue weighted by Crippen LogP contribution is -2.17. The van der Waals surface area contributed by atoms with E-state index in [4.69, 9.17) is 14.0 Å². The van der Waals surface area contributed by atoms with Crippen LogP contribution in [-0.4, -0.2) is 45.5 Å². The molecule has 4 aromatic rings. The number of hydrogen-bond donors (Lipinski definition) is 3. The van der Waals surface area contributed by atoms with Crippen LogP contribution < -0.4 is 20.1 Å². The van der Waals surface area contributed by atoms with Crippen LogP contribution in [0.5, 0.6) is 11.5 Å². The molecule has 0 heterocycles. The van der Waals surface area contributed by atoms with Crippen LogP contribution in [-0.2, 0) is 23.2 Å². The second kappa shape index (κ2) is 16.9. The highest BCUT2D eigenvalue weighted by Gasteiger charge is 2.07. The van der Waals surface area contributed by atoms with Crippen molar-refractivity contribution in [3.63, 3.8) is 0 Å². The van der Waals surface area contributed by atoms with E-state index in [9.17, 15) is 8.42 Å². The molecule has 0 spiro atoms. The maximum atomic E-state index is 9.19. The first-order valence-electron chi connectivity index (χ1n) is 14.4. The summed E-state index contributed by atoms with van der Waals surface area (Å²) >= 11 is 0. The summed E-state index contributed by atoms with van der Waals surface area (Å²) in [5.41, 5.74) is 2.47. The van der Waals surface area contributed by atoms with Gasteiger partial charge in [0.15, 0.2) is 0 Å². The first kappa shape index (κ1) is 32.3. The standard InChI is InChI=1S/C32H40N2O2.CH4O3S/c1-3-35-31-21-27-15-9-7-13-25(27)19-29(31)23-33-17-11-5-6-12-18-34-24-30-20-26-14-8-10-16-28(26)22-32(30)36-4-2;1-5(2,3)4/h7-10,13-16,19-22,33-34H,3-6,11-12,17-18,23-24H2,1-2H3;1H3,(H,2,3,4). The molecule has 0 fully saturated rings. The van der Waals surface area contributed by atoms with Gasteiger partial charge in [0, 0.05) is 24.2 Å². The molecule has 0 aromatic heterocycles. The molecule has 0 aliphatic rings. The van der Waals surface area contributed by atoms with Gasteiger partial charge in [-0.2, -0.15) is 8.42 Å². The molecule has 0 saturated heterocycles. The number of nitrogens with one attached hydrogen (secondary N) is 2. The maximum absolute atomic E-state index is 9.19. The highest BCUT2D eigenvalue weighted by atomic mass is 32.2. The van der Waals surface area contributed by atoms with Crippen molar-refractivity contribution >= 4 is 31.7 Å². The lowest BCUT2D eigenvalue weighted by atomic mass is 10.1. The summed E-state index contributed by atoms with van der Waals surface area (Å²) in [4.78, 5) is 0. The van der Waals surface area contributed by atoms with Crippen LogP contribution in [0.4, 0.5) is 0 Å². The molecule has 8 heteroatoms. The Morgan fingerprint density at radius 1 is 0.634 bits per heavy atom. The Morgan fingerprint density at radius 2 is 0.976 bits per heavy atom. The molecule has 3 N–H and O–H groups in total. The van der Waals surface area contributed by atoms with Gasteiger partial charge in [-0.3, -0.25) is 4.55 Å². The number of hydrogen-bond acceptors (Lipinski definition) is 6. The van der Waals surface area contributed by atoms with Crippen LogP contribution in [0.25, 0.3) is 21.5 Å². The fraction of sp³-hybridized carbons (Fsp3) is 0.394. The van der Waals surface area contributed by atoms with E-state index in [1.807, 2.05) is 13.8 Å². The smallest absolute Gasteiger partial charge is 0.261 e. The number of fused-ring (bicyclic) bond motifs is 2. The van der Waals surface area contributed by atoms with Crippen LogP contribution in [0.3, 0.4) is 0 Å². The quantitative estimate of drug-likeness (QED) is 0.106. The second-order valence-electron chi connectivity index (χ2n) is 9.98. The monoisotopic (exact) mass is 580 g/mol. The summed E-state index contributed by atoms with van der Waals surface area (Å²) < 4.78 is 37.7. The summed E-state index contributed by atoms with van der Waals surface area (Å²) in [7, 11) is -3.67. The van der Waals surface area contributed by atoms with Crippen molar-refractivity contribution in [1.29, 1.82) is 0 Å². The van der Waals surface area contributed by atoms with Gasteiger partial charge >= 0.3 is 0 Å². The number of unbranched alkanes of at least 4 members (excludes halogenated alkanes) is 3. The first-order valence-corrected chi connectivity index (χ1v) is 16.3. The largest absolute Gasteiger partial charge is 0.494 e. The Kier molecular flexibility index (Phi) is 13.4. The van der Waals surface area contributed by atoms with Gasteiger partial charge in [0.05, 0.1) is 19.5 Å². The minimum atomic E-state index is -3.67. The molecule has 0 aliphatic heterocycles. The maximum Gasteiger partial charge on any atom is 0.261 e. The Bertz CT molecular complexity index is 1370. The molecule has 0 radical (unpaired) electrons. The zero-order valence-corrected chi connectivity index (χ0v) is 25.3. The van der Waals surface area contributed by atoms with Crippen molar-refractivity contribution in [3.8, 4) is 11.5 Å². The van der Waals surface area contributed by atoms with Crippen molar-refractivity contribution in [3.05, 3.63) is 83.9 Å².